The third-order valence-corrected chi connectivity index (χ3v) is 10.3. The summed E-state index contributed by atoms with van der Waals surface area (Å²) in [6.07, 6.45) is 3.72. The van der Waals surface area contributed by atoms with E-state index in [1.807, 2.05) is 22.6 Å². The van der Waals surface area contributed by atoms with Gasteiger partial charge in [0, 0.05) is 66.5 Å². The number of nitrogens with zero attached hydrogens (tertiary/aromatic N) is 6. The number of fused-ring (bicyclic) bond motifs is 1. The van der Waals surface area contributed by atoms with Crippen LogP contribution < -0.4 is 4.90 Å². The van der Waals surface area contributed by atoms with E-state index in [9.17, 15) is 4.79 Å². The number of halogens is 1. The summed E-state index contributed by atoms with van der Waals surface area (Å²) in [7, 11) is 4.20. The number of aromatic nitrogens is 3. The summed E-state index contributed by atoms with van der Waals surface area (Å²) >= 11 is 6.87. The van der Waals surface area contributed by atoms with Crippen LogP contribution in [0.15, 0.2) is 42.7 Å². The first-order valence-electron chi connectivity index (χ1n) is 14.8. The Bertz CT molecular complexity index is 1490. The molecule has 9 heteroatoms. The van der Waals surface area contributed by atoms with E-state index in [4.69, 9.17) is 16.3 Å². The fraction of sp³-hybridized carbons (Fsp3) is 0.531. The molecule has 2 saturated heterocycles. The van der Waals surface area contributed by atoms with Crippen LogP contribution in [0.2, 0.25) is 5.02 Å². The summed E-state index contributed by atoms with van der Waals surface area (Å²) in [5, 5.41) is 9.42. The Hall–Kier alpha value is -2.78. The van der Waals surface area contributed by atoms with E-state index < -0.39 is 0 Å². The second-order valence-electron chi connectivity index (χ2n) is 13.3. The standard InChI is InChI=1S/C32H39ClN6O2/c1-21(2)28-15-36(3)8-9-38(28)13-22-10-25-26(27(33)11-22)14-39(29(25)40)24-7-5-6-23(12-24)32(30-35-34-20-37(30)4)16-31(17-32)18-41-19-31/h5-7,10-12,20-21,28H,8-9,13-19H2,1-4H3/t28-/m1/s1. The van der Waals surface area contributed by atoms with Crippen LogP contribution in [0.4, 0.5) is 5.69 Å². The number of likely N-dealkylation sites (N-methyl/N-ethyl adjacent to an activating group) is 1. The minimum atomic E-state index is -0.235. The molecule has 4 heterocycles. The predicted molar refractivity (Wildman–Crippen MR) is 159 cm³/mol. The lowest BCUT2D eigenvalue weighted by Gasteiger charge is -2.59. The second kappa shape index (κ2) is 9.90. The lowest BCUT2D eigenvalue weighted by atomic mass is 9.49. The van der Waals surface area contributed by atoms with Gasteiger partial charge in [-0.05, 0) is 61.2 Å². The highest BCUT2D eigenvalue weighted by Crippen LogP contribution is 2.61. The largest absolute Gasteiger partial charge is 0.380 e. The van der Waals surface area contributed by atoms with Crippen molar-refractivity contribution in [2.24, 2.45) is 18.4 Å². The van der Waals surface area contributed by atoms with E-state index in [0.29, 0.717) is 23.5 Å². The topological polar surface area (TPSA) is 66.7 Å². The number of amides is 1. The van der Waals surface area contributed by atoms with Gasteiger partial charge in [0.2, 0.25) is 0 Å². The second-order valence-corrected chi connectivity index (χ2v) is 13.7. The fourth-order valence-corrected chi connectivity index (χ4v) is 8.08. The number of carbonyl (C=O) groups excluding carboxylic acids is 1. The van der Waals surface area contributed by atoms with Crippen LogP contribution in [-0.4, -0.2) is 76.4 Å². The van der Waals surface area contributed by atoms with E-state index in [1.54, 1.807) is 6.33 Å². The van der Waals surface area contributed by atoms with Crippen molar-refractivity contribution in [3.8, 4) is 0 Å². The summed E-state index contributed by atoms with van der Waals surface area (Å²) in [5.74, 6) is 1.55. The lowest BCUT2D eigenvalue weighted by molar-refractivity contribution is -0.182. The molecule has 216 valence electrons. The zero-order valence-electron chi connectivity index (χ0n) is 24.4. The lowest BCUT2D eigenvalue weighted by Crippen LogP contribution is -2.60. The Balaban J connectivity index is 1.16. The Kier molecular flexibility index (Phi) is 6.54. The van der Waals surface area contributed by atoms with Crippen molar-refractivity contribution in [2.75, 3.05) is 44.8 Å². The van der Waals surface area contributed by atoms with Crippen LogP contribution in [0, 0.1) is 11.3 Å². The number of aryl methyl sites for hydroxylation is 1. The van der Waals surface area contributed by atoms with Crippen molar-refractivity contribution in [3.05, 3.63) is 75.8 Å². The van der Waals surface area contributed by atoms with Crippen molar-refractivity contribution in [1.82, 2.24) is 24.6 Å². The first-order valence-corrected chi connectivity index (χ1v) is 15.1. The Morgan fingerprint density at radius 1 is 1.12 bits per heavy atom. The molecule has 0 bridgehead atoms. The molecular formula is C32H39ClN6O2. The molecule has 4 aliphatic rings. The van der Waals surface area contributed by atoms with Crippen LogP contribution in [0.5, 0.6) is 0 Å². The van der Waals surface area contributed by atoms with Gasteiger partial charge < -0.3 is 19.1 Å². The van der Waals surface area contributed by atoms with Gasteiger partial charge in [0.15, 0.2) is 0 Å². The summed E-state index contributed by atoms with van der Waals surface area (Å²) in [6, 6.07) is 13.1. The number of rotatable bonds is 6. The first-order chi connectivity index (χ1) is 19.7. The number of hydrogen-bond donors (Lipinski definition) is 0. The van der Waals surface area contributed by atoms with E-state index in [0.717, 1.165) is 80.4 Å². The highest BCUT2D eigenvalue weighted by atomic mass is 35.5. The summed E-state index contributed by atoms with van der Waals surface area (Å²) in [5.41, 5.74) is 4.82. The number of ether oxygens (including phenoxy) is 1. The van der Waals surface area contributed by atoms with E-state index in [-0.39, 0.29) is 16.7 Å². The molecule has 7 rings (SSSR count). The molecule has 1 atom stereocenters. The number of carbonyl (C=O) groups is 1. The third kappa shape index (κ3) is 4.42. The molecule has 3 fully saturated rings. The van der Waals surface area contributed by atoms with Crippen molar-refractivity contribution < 1.29 is 9.53 Å². The summed E-state index contributed by atoms with van der Waals surface area (Å²) < 4.78 is 7.62. The Labute approximate surface area is 247 Å². The molecule has 0 radical (unpaired) electrons. The van der Waals surface area contributed by atoms with Gasteiger partial charge in [0.05, 0.1) is 25.2 Å². The summed E-state index contributed by atoms with van der Waals surface area (Å²) in [4.78, 5) is 20.7. The van der Waals surface area contributed by atoms with Crippen molar-refractivity contribution in [1.29, 1.82) is 0 Å². The number of piperazine rings is 1. The van der Waals surface area contributed by atoms with Gasteiger partial charge in [0.25, 0.3) is 5.91 Å². The van der Waals surface area contributed by atoms with Crippen LogP contribution >= 0.6 is 11.6 Å². The van der Waals surface area contributed by atoms with Gasteiger partial charge in [-0.3, -0.25) is 9.69 Å². The van der Waals surface area contributed by atoms with Crippen LogP contribution in [0.1, 0.15) is 59.6 Å². The molecule has 3 aliphatic heterocycles. The molecule has 1 spiro atoms. The Morgan fingerprint density at radius 2 is 1.93 bits per heavy atom. The zero-order valence-corrected chi connectivity index (χ0v) is 25.2. The third-order valence-electron chi connectivity index (χ3n) is 9.96. The average Bonchev–Trinajstić information content (AvgIpc) is 3.48. The van der Waals surface area contributed by atoms with Gasteiger partial charge in [-0.1, -0.05) is 37.6 Å². The SMILES string of the molecule is CC(C)[C@H]1CN(C)CCN1Cc1cc(Cl)c2c(c1)C(=O)N(c1cccc(C3(c4nncn4C)CC4(COC4)C3)c1)C2. The van der Waals surface area contributed by atoms with Gasteiger partial charge in [-0.15, -0.1) is 10.2 Å². The Morgan fingerprint density at radius 3 is 2.61 bits per heavy atom. The van der Waals surface area contributed by atoms with Gasteiger partial charge >= 0.3 is 0 Å². The molecule has 0 N–H and O–H groups in total. The minimum absolute atomic E-state index is 0.0184. The number of benzene rings is 2. The minimum Gasteiger partial charge on any atom is -0.380 e. The maximum Gasteiger partial charge on any atom is 0.258 e. The summed E-state index contributed by atoms with van der Waals surface area (Å²) in [6.45, 7) is 10.6. The number of anilines is 1. The first kappa shape index (κ1) is 27.1. The van der Waals surface area contributed by atoms with Gasteiger partial charge in [-0.25, -0.2) is 0 Å². The molecule has 8 nitrogen and oxygen atoms in total. The van der Waals surface area contributed by atoms with E-state index in [1.165, 1.54) is 5.56 Å². The monoisotopic (exact) mass is 574 g/mol. The molecule has 3 aromatic rings. The normalized spacial score (nSPS) is 23.6. The highest BCUT2D eigenvalue weighted by Gasteiger charge is 2.61. The molecule has 0 unspecified atom stereocenters. The van der Waals surface area contributed by atoms with Crippen LogP contribution in [0.25, 0.3) is 0 Å². The van der Waals surface area contributed by atoms with Crippen molar-refractivity contribution in [2.45, 2.75) is 51.2 Å². The van der Waals surface area contributed by atoms with E-state index in [2.05, 4.69) is 71.2 Å². The molecule has 1 aliphatic carbocycles. The molecule has 1 amide bonds. The van der Waals surface area contributed by atoms with Gasteiger partial charge in [-0.2, -0.15) is 0 Å². The smallest absolute Gasteiger partial charge is 0.258 e. The highest BCUT2D eigenvalue weighted by molar-refractivity contribution is 6.32. The zero-order chi connectivity index (χ0) is 28.5. The average molecular weight is 575 g/mol. The van der Waals surface area contributed by atoms with Gasteiger partial charge in [0.1, 0.15) is 12.2 Å². The molecule has 1 aromatic heterocycles. The quantitative estimate of drug-likeness (QED) is 0.432. The molecule has 1 saturated carbocycles. The van der Waals surface area contributed by atoms with Crippen LogP contribution in [0.3, 0.4) is 0 Å². The maximum absolute atomic E-state index is 13.9. The molecule has 41 heavy (non-hydrogen) atoms. The number of hydrogen-bond acceptors (Lipinski definition) is 6. The van der Waals surface area contributed by atoms with Crippen LogP contribution in [-0.2, 0) is 30.3 Å². The van der Waals surface area contributed by atoms with Crippen molar-refractivity contribution in [3.63, 3.8) is 0 Å². The van der Waals surface area contributed by atoms with Crippen molar-refractivity contribution >= 4 is 23.2 Å². The maximum atomic E-state index is 13.9. The van der Waals surface area contributed by atoms with E-state index >= 15 is 0 Å². The molecule has 2 aromatic carbocycles. The molecular weight excluding hydrogens is 536 g/mol. The predicted octanol–water partition coefficient (Wildman–Crippen LogP) is 4.50. The fourth-order valence-electron chi connectivity index (χ4n) is 7.78.